The number of rotatable bonds is 4. The van der Waals surface area contributed by atoms with Crippen molar-refractivity contribution < 1.29 is 19.0 Å². The zero-order valence-corrected chi connectivity index (χ0v) is 18.7. The zero-order valence-electron chi connectivity index (χ0n) is 18.7. The molecule has 4 rings (SSSR count). The van der Waals surface area contributed by atoms with Gasteiger partial charge in [-0.15, -0.1) is 0 Å². The smallest absolute Gasteiger partial charge is 0.410 e. The van der Waals surface area contributed by atoms with Crippen molar-refractivity contribution in [2.75, 3.05) is 31.1 Å². The van der Waals surface area contributed by atoms with Gasteiger partial charge in [-0.3, -0.25) is 10.1 Å². The van der Waals surface area contributed by atoms with Crippen LogP contribution in [0.1, 0.15) is 20.8 Å². The number of nitrogens with zero attached hydrogens (tertiary/aromatic N) is 5. The van der Waals surface area contributed by atoms with E-state index in [-0.39, 0.29) is 17.7 Å². The van der Waals surface area contributed by atoms with Crippen molar-refractivity contribution in [3.05, 3.63) is 58.6 Å². The van der Waals surface area contributed by atoms with Crippen LogP contribution in [-0.2, 0) is 4.74 Å². The maximum absolute atomic E-state index is 12.3. The molecule has 1 aliphatic heterocycles. The fourth-order valence-electron chi connectivity index (χ4n) is 3.57. The highest BCUT2D eigenvalue weighted by molar-refractivity contribution is 5.73. The number of nitro groups is 1. The molecule has 0 saturated carbocycles. The summed E-state index contributed by atoms with van der Waals surface area (Å²) >= 11 is 0. The van der Waals surface area contributed by atoms with Gasteiger partial charge in [0.2, 0.25) is 5.82 Å². The molecule has 0 spiro atoms. The molecule has 3 aromatic rings. The molecule has 0 radical (unpaired) electrons. The molecule has 2 aromatic carbocycles. The lowest BCUT2D eigenvalue weighted by Crippen LogP contribution is -2.50. The van der Waals surface area contributed by atoms with E-state index in [4.69, 9.17) is 9.26 Å². The molecule has 1 saturated heterocycles. The number of piperazine rings is 1. The average Bonchev–Trinajstić information content (AvgIpc) is 3.29. The predicted octanol–water partition coefficient (Wildman–Crippen LogP) is 4.37. The van der Waals surface area contributed by atoms with Crippen molar-refractivity contribution in [1.82, 2.24) is 15.0 Å². The summed E-state index contributed by atoms with van der Waals surface area (Å²) in [5.41, 5.74) is 1.11. The number of carbonyl (C=O) groups is 1. The van der Waals surface area contributed by atoms with Gasteiger partial charge < -0.3 is 19.1 Å². The number of ether oxygens (including phenoxy) is 1. The zero-order chi connectivity index (χ0) is 23.6. The maximum atomic E-state index is 12.3. The van der Waals surface area contributed by atoms with Crippen molar-refractivity contribution in [2.45, 2.75) is 26.4 Å². The number of hydrogen-bond acceptors (Lipinski definition) is 8. The van der Waals surface area contributed by atoms with Gasteiger partial charge in [-0.25, -0.2) is 4.79 Å². The molecular formula is C23H25N5O5. The van der Waals surface area contributed by atoms with E-state index < -0.39 is 10.5 Å². The van der Waals surface area contributed by atoms with Gasteiger partial charge in [0.15, 0.2) is 0 Å². The largest absolute Gasteiger partial charge is 0.444 e. The van der Waals surface area contributed by atoms with Crippen LogP contribution in [0.3, 0.4) is 0 Å². The fourth-order valence-corrected chi connectivity index (χ4v) is 3.57. The number of aromatic nitrogens is 2. The third-order valence-corrected chi connectivity index (χ3v) is 5.15. The molecule has 1 aromatic heterocycles. The van der Waals surface area contributed by atoms with Gasteiger partial charge in [0.05, 0.1) is 4.92 Å². The summed E-state index contributed by atoms with van der Waals surface area (Å²) in [5, 5.41) is 15.8. The topological polar surface area (TPSA) is 115 Å². The molecule has 0 N–H and O–H groups in total. The molecule has 1 fully saturated rings. The second-order valence-corrected chi connectivity index (χ2v) is 8.70. The lowest BCUT2D eigenvalue weighted by Gasteiger charge is -2.36. The number of amides is 1. The minimum Gasteiger partial charge on any atom is -0.444 e. The van der Waals surface area contributed by atoms with Gasteiger partial charge in [-0.2, -0.15) is 4.98 Å². The average molecular weight is 451 g/mol. The molecule has 10 heteroatoms. The van der Waals surface area contributed by atoms with Crippen molar-refractivity contribution in [2.24, 2.45) is 0 Å². The first-order chi connectivity index (χ1) is 15.7. The molecule has 1 amide bonds. The number of carbonyl (C=O) groups excluding carboxylic acids is 1. The van der Waals surface area contributed by atoms with Crippen LogP contribution in [0, 0.1) is 10.1 Å². The van der Waals surface area contributed by atoms with E-state index in [2.05, 4.69) is 10.1 Å². The summed E-state index contributed by atoms with van der Waals surface area (Å²) in [6.45, 7) is 7.20. The molecule has 1 aliphatic rings. The van der Waals surface area contributed by atoms with Crippen molar-refractivity contribution in [3.8, 4) is 22.8 Å². The molecule has 0 atom stereocenters. The van der Waals surface area contributed by atoms with Gasteiger partial charge in [-0.05, 0) is 32.9 Å². The van der Waals surface area contributed by atoms with Crippen molar-refractivity contribution >= 4 is 17.5 Å². The Morgan fingerprint density at radius 2 is 1.76 bits per heavy atom. The summed E-state index contributed by atoms with van der Waals surface area (Å²) in [7, 11) is 0. The summed E-state index contributed by atoms with van der Waals surface area (Å²) in [6, 6.07) is 14.2. The van der Waals surface area contributed by atoms with Gasteiger partial charge in [0, 0.05) is 43.4 Å². The first kappa shape index (κ1) is 22.3. The predicted molar refractivity (Wildman–Crippen MR) is 122 cm³/mol. The Morgan fingerprint density at radius 3 is 2.39 bits per heavy atom. The summed E-state index contributed by atoms with van der Waals surface area (Å²) in [6.07, 6.45) is -0.377. The van der Waals surface area contributed by atoms with E-state index in [1.54, 1.807) is 17.0 Å². The Kier molecular flexibility index (Phi) is 5.99. The number of anilines is 1. The monoisotopic (exact) mass is 451 g/mol. The Morgan fingerprint density at radius 1 is 1.06 bits per heavy atom. The van der Waals surface area contributed by atoms with Gasteiger partial charge in [0.25, 0.3) is 11.6 Å². The molecule has 0 bridgehead atoms. The minimum absolute atomic E-state index is 0.0577. The second kappa shape index (κ2) is 8.89. The van der Waals surface area contributed by atoms with Crippen LogP contribution >= 0.6 is 0 Å². The second-order valence-electron chi connectivity index (χ2n) is 8.70. The summed E-state index contributed by atoms with van der Waals surface area (Å²) in [4.78, 5) is 31.6. The normalized spacial score (nSPS) is 14.3. The van der Waals surface area contributed by atoms with Crippen molar-refractivity contribution in [1.29, 1.82) is 0 Å². The highest BCUT2D eigenvalue weighted by atomic mass is 16.6. The van der Waals surface area contributed by atoms with Crippen LogP contribution < -0.4 is 4.90 Å². The Labute approximate surface area is 190 Å². The van der Waals surface area contributed by atoms with Gasteiger partial charge in [-0.1, -0.05) is 35.5 Å². The van der Waals surface area contributed by atoms with Crippen LogP contribution in [-0.4, -0.2) is 57.8 Å². The molecule has 0 unspecified atom stereocenters. The van der Waals surface area contributed by atoms with E-state index in [9.17, 15) is 14.9 Å². The highest BCUT2D eigenvalue weighted by Gasteiger charge is 2.29. The first-order valence-electron chi connectivity index (χ1n) is 10.6. The number of nitro benzene ring substituents is 1. The Bertz CT molecular complexity index is 1150. The summed E-state index contributed by atoms with van der Waals surface area (Å²) in [5.74, 6) is 0.619. The van der Waals surface area contributed by atoms with Crippen LogP contribution in [0.4, 0.5) is 16.2 Å². The number of benzene rings is 2. The van der Waals surface area contributed by atoms with E-state index >= 15 is 0 Å². The lowest BCUT2D eigenvalue weighted by molar-refractivity contribution is -0.384. The van der Waals surface area contributed by atoms with E-state index in [1.165, 1.54) is 6.07 Å². The van der Waals surface area contributed by atoms with E-state index in [0.29, 0.717) is 43.3 Å². The van der Waals surface area contributed by atoms with Crippen LogP contribution in [0.15, 0.2) is 53.1 Å². The Balaban J connectivity index is 1.51. The standard InChI is InChI=1S/C23H25N5O5/c1-23(2,3)32-22(29)27-13-11-26(12-14-27)18-10-9-17(15-19(18)28(30)31)21-24-20(25-33-21)16-7-5-4-6-8-16/h4-10,15H,11-14H2,1-3H3. The molecule has 172 valence electrons. The third kappa shape index (κ3) is 5.11. The SMILES string of the molecule is CC(C)(C)OC(=O)N1CCN(c2ccc(-c3nc(-c4ccccc4)no3)cc2[N+](=O)[O-])CC1. The first-order valence-corrected chi connectivity index (χ1v) is 10.6. The third-order valence-electron chi connectivity index (χ3n) is 5.15. The highest BCUT2D eigenvalue weighted by Crippen LogP contribution is 2.34. The van der Waals surface area contributed by atoms with Crippen LogP contribution in [0.25, 0.3) is 22.8 Å². The van der Waals surface area contributed by atoms with E-state index in [0.717, 1.165) is 5.56 Å². The molecule has 10 nitrogen and oxygen atoms in total. The van der Waals surface area contributed by atoms with Crippen LogP contribution in [0.2, 0.25) is 0 Å². The molecule has 2 heterocycles. The number of hydrogen-bond donors (Lipinski definition) is 0. The van der Waals surface area contributed by atoms with Crippen LogP contribution in [0.5, 0.6) is 0 Å². The van der Waals surface area contributed by atoms with E-state index in [1.807, 2.05) is 56.0 Å². The van der Waals surface area contributed by atoms with Crippen molar-refractivity contribution in [3.63, 3.8) is 0 Å². The fraction of sp³-hybridized carbons (Fsp3) is 0.348. The lowest BCUT2D eigenvalue weighted by atomic mass is 10.1. The minimum atomic E-state index is -0.571. The summed E-state index contributed by atoms with van der Waals surface area (Å²) < 4.78 is 10.8. The van der Waals surface area contributed by atoms with Gasteiger partial charge >= 0.3 is 6.09 Å². The molecular weight excluding hydrogens is 426 g/mol. The molecule has 0 aliphatic carbocycles. The Hall–Kier alpha value is -3.95. The quantitative estimate of drug-likeness (QED) is 0.424. The van der Waals surface area contributed by atoms with Gasteiger partial charge in [0.1, 0.15) is 11.3 Å². The maximum Gasteiger partial charge on any atom is 0.410 e. The molecule has 33 heavy (non-hydrogen) atoms.